The zero-order chi connectivity index (χ0) is 17.0. The quantitative estimate of drug-likeness (QED) is 0.396. The Hall–Kier alpha value is -0.850. The predicted molar refractivity (Wildman–Crippen MR) is 74.9 cm³/mol. The Labute approximate surface area is 167 Å². The average molecular weight is 407 g/mol. The first-order valence-electron chi connectivity index (χ1n) is 5.51. The van der Waals surface area contributed by atoms with Crippen LogP contribution in [0.25, 0.3) is 0 Å². The smallest absolute Gasteiger partial charge is 0.744 e. The number of para-hydroxylation sites is 2. The van der Waals surface area contributed by atoms with Crippen molar-refractivity contribution in [3.05, 3.63) is 48.5 Å². The molecule has 0 radical (unpaired) electrons. The summed E-state index contributed by atoms with van der Waals surface area (Å²) in [6, 6.07) is 9.99. The maximum Gasteiger partial charge on any atom is 1.00 e. The van der Waals surface area contributed by atoms with E-state index in [1.165, 1.54) is 24.3 Å². The molecule has 0 aliphatic carbocycles. The second-order valence-electron chi connectivity index (χ2n) is 3.84. The largest absolute Gasteiger partial charge is 1.00 e. The summed E-state index contributed by atoms with van der Waals surface area (Å²) in [6.07, 6.45) is 0. The molecule has 12 heteroatoms. The summed E-state index contributed by atoms with van der Waals surface area (Å²) in [4.78, 5) is -1.17. The first kappa shape index (κ1) is 25.4. The summed E-state index contributed by atoms with van der Waals surface area (Å²) < 4.78 is 62.0. The van der Waals surface area contributed by atoms with Gasteiger partial charge >= 0.3 is 29.6 Å². The molecule has 0 aromatic heterocycles. The van der Waals surface area contributed by atoms with Gasteiger partial charge in [-0.25, -0.2) is 16.8 Å². The number of aromatic hydroxyl groups is 2. The van der Waals surface area contributed by atoms with Crippen molar-refractivity contribution in [2.75, 3.05) is 0 Å². The Balaban J connectivity index is 0. The zero-order valence-corrected chi connectivity index (χ0v) is 16.8. The van der Waals surface area contributed by atoms with Crippen molar-refractivity contribution in [2.45, 2.75) is 9.79 Å². The summed E-state index contributed by atoms with van der Waals surface area (Å²) in [7, 11) is -9.07. The molecule has 0 unspecified atom stereocenters. The summed E-state index contributed by atoms with van der Waals surface area (Å²) in [5, 5.41) is 17.7. The van der Waals surface area contributed by atoms with E-state index in [9.17, 15) is 25.9 Å². The first-order valence-corrected chi connectivity index (χ1v) is 8.33. The van der Waals surface area contributed by atoms with Gasteiger partial charge in [-0.2, -0.15) is 0 Å². The van der Waals surface area contributed by atoms with Crippen LogP contribution in [0.3, 0.4) is 0 Å². The summed E-state index contributed by atoms with van der Waals surface area (Å²) in [6.45, 7) is 0. The molecule has 2 aromatic rings. The second-order valence-corrected chi connectivity index (χ2v) is 6.54. The molecule has 0 saturated carbocycles. The van der Waals surface area contributed by atoms with Gasteiger partial charge in [0, 0.05) is 0 Å². The third kappa shape index (κ3) is 7.81. The van der Waals surface area contributed by atoms with E-state index in [-0.39, 0.29) is 42.0 Å². The van der Waals surface area contributed by atoms with Crippen LogP contribution in [0, 0.1) is 12.4 Å². The molecule has 0 saturated heterocycles. The second kappa shape index (κ2) is 10.2. The van der Waals surface area contributed by atoms with Crippen LogP contribution in [0.2, 0.25) is 0 Å². The van der Waals surface area contributed by atoms with Crippen molar-refractivity contribution in [1.29, 1.82) is 0 Å². The van der Waals surface area contributed by atoms with E-state index in [0.29, 0.717) is 0 Å². The van der Waals surface area contributed by atoms with Crippen LogP contribution in [0.5, 0.6) is 11.5 Å². The first-order chi connectivity index (χ1) is 10.0. The molecule has 128 valence electrons. The third-order valence-corrected chi connectivity index (χ3v) is 4.04. The van der Waals surface area contributed by atoms with Crippen LogP contribution in [0.1, 0.15) is 0 Å². The SMILES string of the molecule is O=S(=O)([O-])c1ccccc1O.O=S(=O)([O-])c1ccccc1O.[ClH2+].[Na+]. The van der Waals surface area contributed by atoms with Gasteiger partial charge in [0.2, 0.25) is 0 Å². The summed E-state index contributed by atoms with van der Waals surface area (Å²) in [5.74, 6) is -1.02. The summed E-state index contributed by atoms with van der Waals surface area (Å²) >= 11 is 0. The normalized spacial score (nSPS) is 10.4. The van der Waals surface area contributed by atoms with E-state index in [0.717, 1.165) is 24.3 Å². The minimum atomic E-state index is -4.53. The molecule has 2 rings (SSSR count). The summed E-state index contributed by atoms with van der Waals surface area (Å²) in [5.41, 5.74) is 0. The molecule has 0 spiro atoms. The van der Waals surface area contributed by atoms with E-state index >= 15 is 0 Å². The van der Waals surface area contributed by atoms with Crippen LogP contribution in [-0.4, -0.2) is 36.2 Å². The molecule has 0 amide bonds. The minimum absolute atomic E-state index is 0. The van der Waals surface area contributed by atoms with E-state index in [4.69, 9.17) is 10.2 Å². The minimum Gasteiger partial charge on any atom is -0.744 e. The topological polar surface area (TPSA) is 155 Å². The Morgan fingerprint density at radius 1 is 0.667 bits per heavy atom. The number of phenols is 2. The van der Waals surface area contributed by atoms with Gasteiger partial charge < -0.3 is 19.3 Å². The van der Waals surface area contributed by atoms with Crippen molar-refractivity contribution in [2.24, 2.45) is 0 Å². The fourth-order valence-corrected chi connectivity index (χ4v) is 2.48. The van der Waals surface area contributed by atoms with Crippen LogP contribution in [0.15, 0.2) is 58.3 Å². The van der Waals surface area contributed by atoms with E-state index in [1.807, 2.05) is 0 Å². The monoisotopic (exact) mass is 406 g/mol. The fraction of sp³-hybridized carbons (Fsp3) is 0. The maximum absolute atomic E-state index is 10.3. The predicted octanol–water partition coefficient (Wildman–Crippen LogP) is -2.94. The number of hydrogen-bond acceptors (Lipinski definition) is 8. The molecule has 2 aromatic carbocycles. The van der Waals surface area contributed by atoms with Crippen molar-refractivity contribution in [3.8, 4) is 11.5 Å². The van der Waals surface area contributed by atoms with E-state index < -0.39 is 41.5 Å². The maximum atomic E-state index is 10.3. The van der Waals surface area contributed by atoms with Crippen LogP contribution < -0.4 is 29.6 Å². The molecule has 0 fully saturated rings. The van der Waals surface area contributed by atoms with E-state index in [1.54, 1.807) is 0 Å². The number of phenolic OH excluding ortho intramolecular Hbond substituents is 2. The molecule has 2 N–H and O–H groups in total. The molecular weight excluding hydrogens is 395 g/mol. The van der Waals surface area contributed by atoms with Gasteiger partial charge in [-0.15, -0.1) is 0 Å². The molecular formula is C12H12ClNaO8S2. The molecule has 24 heavy (non-hydrogen) atoms. The van der Waals surface area contributed by atoms with Gasteiger partial charge in [0.15, 0.2) is 0 Å². The van der Waals surface area contributed by atoms with Crippen molar-refractivity contribution < 1.29 is 78.1 Å². The molecule has 0 atom stereocenters. The average Bonchev–Trinajstić information content (AvgIpc) is 2.37. The Morgan fingerprint density at radius 2 is 0.917 bits per heavy atom. The molecule has 8 nitrogen and oxygen atoms in total. The van der Waals surface area contributed by atoms with Crippen LogP contribution in [-0.2, 0) is 20.2 Å². The van der Waals surface area contributed by atoms with Gasteiger partial charge in [-0.1, -0.05) is 24.3 Å². The fourth-order valence-electron chi connectivity index (χ4n) is 1.34. The van der Waals surface area contributed by atoms with Crippen molar-refractivity contribution >= 4 is 20.2 Å². The van der Waals surface area contributed by atoms with Gasteiger partial charge in [-0.05, 0) is 24.3 Å². The zero-order valence-electron chi connectivity index (χ0n) is 12.2. The third-order valence-electron chi connectivity index (χ3n) is 2.27. The van der Waals surface area contributed by atoms with Crippen LogP contribution >= 0.6 is 0 Å². The molecule has 0 bridgehead atoms. The Kier molecular flexibility index (Phi) is 10.8. The van der Waals surface area contributed by atoms with Crippen molar-refractivity contribution in [1.82, 2.24) is 0 Å². The van der Waals surface area contributed by atoms with Crippen molar-refractivity contribution in [3.63, 3.8) is 0 Å². The Morgan fingerprint density at radius 3 is 1.08 bits per heavy atom. The number of halogens is 1. The molecule has 0 heterocycles. The van der Waals surface area contributed by atoms with Gasteiger partial charge in [0.25, 0.3) is 0 Å². The Bertz CT molecular complexity index is 795. The standard InChI is InChI=1S/2C6H6O4S.ClH2.Na/c2*7-5-3-1-2-4-6(5)11(8,9)10;;/h2*1-4,7H,(H,8,9,10);1H2;/q;;2*+1/p-2. The van der Waals surface area contributed by atoms with Crippen LogP contribution in [0.4, 0.5) is 0 Å². The molecule has 0 aliphatic heterocycles. The molecule has 0 aliphatic rings. The van der Waals surface area contributed by atoms with E-state index in [2.05, 4.69) is 0 Å². The van der Waals surface area contributed by atoms with Gasteiger partial charge in [0.05, 0.1) is 22.2 Å². The van der Waals surface area contributed by atoms with Gasteiger partial charge in [-0.3, -0.25) is 0 Å². The number of rotatable bonds is 2. The number of hydrogen-bond donors (Lipinski definition) is 2. The number of benzene rings is 2. The van der Waals surface area contributed by atoms with Gasteiger partial charge in [0.1, 0.15) is 31.7 Å².